The molecule has 0 fully saturated rings. The fourth-order valence-electron chi connectivity index (χ4n) is 2.74. The Morgan fingerprint density at radius 2 is 1.69 bits per heavy atom. The predicted octanol–water partition coefficient (Wildman–Crippen LogP) is 2.57. The largest absolute Gasteiger partial charge is 0.497 e. The number of hydrogen-bond acceptors (Lipinski definition) is 5. The van der Waals surface area contributed by atoms with Gasteiger partial charge >= 0.3 is 0 Å². The van der Waals surface area contributed by atoms with E-state index in [9.17, 15) is 13.2 Å². The normalized spacial score (nSPS) is 12.4. The number of rotatable bonds is 11. The molecule has 0 unspecified atom stereocenters. The Balaban J connectivity index is 2.19. The molecule has 1 atom stereocenters. The van der Waals surface area contributed by atoms with Crippen molar-refractivity contribution in [1.29, 1.82) is 0 Å². The maximum absolute atomic E-state index is 12.8. The summed E-state index contributed by atoms with van der Waals surface area (Å²) in [6, 6.07) is 12.8. The minimum atomic E-state index is -3.80. The molecule has 8 heteroatoms. The number of benzene rings is 2. The third kappa shape index (κ3) is 7.16. The second-order valence-corrected chi connectivity index (χ2v) is 8.37. The molecular formula is C21H28N2O5S. The van der Waals surface area contributed by atoms with Gasteiger partial charge in [0, 0.05) is 26.7 Å². The number of ether oxygens (including phenoxy) is 2. The minimum Gasteiger partial charge on any atom is -0.497 e. The first-order valence-corrected chi connectivity index (χ1v) is 10.8. The van der Waals surface area contributed by atoms with Crippen LogP contribution in [0.15, 0.2) is 53.4 Å². The van der Waals surface area contributed by atoms with E-state index in [-0.39, 0.29) is 17.2 Å². The van der Waals surface area contributed by atoms with E-state index in [1.54, 1.807) is 62.8 Å². The third-order valence-electron chi connectivity index (χ3n) is 4.38. The summed E-state index contributed by atoms with van der Waals surface area (Å²) >= 11 is 0. The fourth-order valence-corrected chi connectivity index (χ4v) is 3.96. The summed E-state index contributed by atoms with van der Waals surface area (Å²) in [5.74, 6) is 0.409. The van der Waals surface area contributed by atoms with Gasteiger partial charge in [0.1, 0.15) is 5.75 Å². The monoisotopic (exact) mass is 420 g/mol. The molecule has 0 aliphatic rings. The second kappa shape index (κ2) is 10.9. The van der Waals surface area contributed by atoms with Gasteiger partial charge in [0.05, 0.1) is 18.0 Å². The van der Waals surface area contributed by atoms with E-state index in [0.29, 0.717) is 30.9 Å². The van der Waals surface area contributed by atoms with Crippen molar-refractivity contribution in [2.75, 3.05) is 27.4 Å². The van der Waals surface area contributed by atoms with Crippen LogP contribution in [-0.2, 0) is 19.6 Å². The first-order valence-electron chi connectivity index (χ1n) is 9.34. The molecule has 7 nitrogen and oxygen atoms in total. The van der Waals surface area contributed by atoms with Crippen LogP contribution >= 0.6 is 0 Å². The average Bonchev–Trinajstić information content (AvgIpc) is 2.71. The highest BCUT2D eigenvalue weighted by Crippen LogP contribution is 2.23. The van der Waals surface area contributed by atoms with Gasteiger partial charge in [0.25, 0.3) is 0 Å². The summed E-state index contributed by atoms with van der Waals surface area (Å²) in [5, 5.41) is 2.79. The number of carbonyl (C=O) groups is 1. The molecule has 2 aromatic rings. The van der Waals surface area contributed by atoms with Crippen LogP contribution in [-0.4, -0.2) is 41.7 Å². The molecule has 0 aromatic heterocycles. The number of aryl methyl sites for hydroxylation is 1. The van der Waals surface area contributed by atoms with Crippen LogP contribution < -0.4 is 14.8 Å². The van der Waals surface area contributed by atoms with Crippen molar-refractivity contribution in [2.45, 2.75) is 30.7 Å². The predicted molar refractivity (Wildman–Crippen MR) is 111 cm³/mol. The van der Waals surface area contributed by atoms with Gasteiger partial charge < -0.3 is 14.8 Å². The average molecular weight is 421 g/mol. The molecule has 2 N–H and O–H groups in total. The van der Waals surface area contributed by atoms with Crippen molar-refractivity contribution >= 4 is 15.9 Å². The number of sulfonamides is 1. The zero-order valence-electron chi connectivity index (χ0n) is 17.0. The van der Waals surface area contributed by atoms with Crippen molar-refractivity contribution in [1.82, 2.24) is 10.0 Å². The highest BCUT2D eigenvalue weighted by molar-refractivity contribution is 7.89. The maximum Gasteiger partial charge on any atom is 0.241 e. The number of amides is 1. The van der Waals surface area contributed by atoms with Gasteiger partial charge in [-0.2, -0.15) is 0 Å². The van der Waals surface area contributed by atoms with E-state index in [4.69, 9.17) is 9.47 Å². The molecule has 0 heterocycles. The van der Waals surface area contributed by atoms with E-state index in [2.05, 4.69) is 10.0 Å². The summed E-state index contributed by atoms with van der Waals surface area (Å²) in [6.45, 7) is 2.90. The minimum absolute atomic E-state index is 0.0234. The van der Waals surface area contributed by atoms with Crippen molar-refractivity contribution in [3.05, 3.63) is 59.7 Å². The SMILES string of the molecule is COCCCNC(=O)C[C@@H](NS(=O)(=O)c1ccc(C)cc1)c1ccc(OC)cc1. The number of nitrogens with one attached hydrogen (secondary N) is 2. The van der Waals surface area contributed by atoms with Crippen LogP contribution in [0, 0.1) is 6.92 Å². The zero-order chi connectivity index (χ0) is 21.3. The van der Waals surface area contributed by atoms with Gasteiger partial charge in [-0.05, 0) is 43.2 Å². The van der Waals surface area contributed by atoms with Gasteiger partial charge in [0.2, 0.25) is 15.9 Å². The smallest absolute Gasteiger partial charge is 0.241 e. The lowest BCUT2D eigenvalue weighted by Gasteiger charge is -2.19. The molecule has 0 spiro atoms. The molecule has 29 heavy (non-hydrogen) atoms. The summed E-state index contributed by atoms with van der Waals surface area (Å²) in [5.41, 5.74) is 1.64. The van der Waals surface area contributed by atoms with Gasteiger partial charge in [-0.1, -0.05) is 29.8 Å². The van der Waals surface area contributed by atoms with Crippen molar-refractivity contribution in [2.24, 2.45) is 0 Å². The van der Waals surface area contributed by atoms with E-state index in [0.717, 1.165) is 5.56 Å². The molecule has 0 saturated heterocycles. The Kier molecular flexibility index (Phi) is 8.63. The molecule has 0 aliphatic carbocycles. The van der Waals surface area contributed by atoms with E-state index in [1.165, 1.54) is 0 Å². The Bertz CT molecular complexity index is 880. The molecule has 0 radical (unpaired) electrons. The molecule has 0 bridgehead atoms. The Labute approximate surface area is 172 Å². The Morgan fingerprint density at radius 1 is 1.03 bits per heavy atom. The van der Waals surface area contributed by atoms with Crippen molar-refractivity contribution in [3.8, 4) is 5.75 Å². The fraction of sp³-hybridized carbons (Fsp3) is 0.381. The topological polar surface area (TPSA) is 93.7 Å². The number of methoxy groups -OCH3 is 2. The second-order valence-electron chi connectivity index (χ2n) is 6.66. The molecule has 158 valence electrons. The lowest BCUT2D eigenvalue weighted by atomic mass is 10.0. The quantitative estimate of drug-likeness (QED) is 0.545. The van der Waals surface area contributed by atoms with Gasteiger partial charge in [-0.25, -0.2) is 13.1 Å². The summed E-state index contributed by atoms with van der Waals surface area (Å²) in [7, 11) is -0.642. The zero-order valence-corrected chi connectivity index (χ0v) is 17.8. The third-order valence-corrected chi connectivity index (χ3v) is 5.87. The van der Waals surface area contributed by atoms with E-state index in [1.807, 2.05) is 6.92 Å². The molecule has 2 rings (SSSR count). The van der Waals surface area contributed by atoms with Crippen LogP contribution in [0.25, 0.3) is 0 Å². The summed E-state index contributed by atoms with van der Waals surface area (Å²) < 4.78 is 38.5. The van der Waals surface area contributed by atoms with Crippen LogP contribution in [0.5, 0.6) is 5.75 Å². The molecule has 1 amide bonds. The van der Waals surface area contributed by atoms with E-state index >= 15 is 0 Å². The number of hydrogen-bond donors (Lipinski definition) is 2. The van der Waals surface area contributed by atoms with Crippen molar-refractivity contribution < 1.29 is 22.7 Å². The highest BCUT2D eigenvalue weighted by Gasteiger charge is 2.23. The van der Waals surface area contributed by atoms with Gasteiger partial charge in [-0.3, -0.25) is 4.79 Å². The Hall–Kier alpha value is -2.42. The lowest BCUT2D eigenvalue weighted by Crippen LogP contribution is -2.34. The Morgan fingerprint density at radius 3 is 2.28 bits per heavy atom. The van der Waals surface area contributed by atoms with Crippen LogP contribution in [0.2, 0.25) is 0 Å². The summed E-state index contributed by atoms with van der Waals surface area (Å²) in [6.07, 6.45) is 0.662. The molecule has 0 saturated carbocycles. The van der Waals surface area contributed by atoms with Crippen LogP contribution in [0.1, 0.15) is 30.0 Å². The molecule has 2 aromatic carbocycles. The lowest BCUT2D eigenvalue weighted by molar-refractivity contribution is -0.121. The standard InChI is InChI=1S/C21H28N2O5S/c1-16-5-11-19(12-6-16)29(25,26)23-20(15-21(24)22-13-4-14-27-2)17-7-9-18(28-3)10-8-17/h5-12,20,23H,4,13-15H2,1-3H3,(H,22,24)/t20-/m1/s1. The summed E-state index contributed by atoms with van der Waals surface area (Å²) in [4.78, 5) is 12.5. The molecule has 0 aliphatic heterocycles. The first-order chi connectivity index (χ1) is 13.9. The van der Waals surface area contributed by atoms with E-state index < -0.39 is 16.1 Å². The van der Waals surface area contributed by atoms with Crippen LogP contribution in [0.3, 0.4) is 0 Å². The highest BCUT2D eigenvalue weighted by atomic mass is 32.2. The van der Waals surface area contributed by atoms with Crippen LogP contribution in [0.4, 0.5) is 0 Å². The first kappa shape index (κ1) is 22.9. The van der Waals surface area contributed by atoms with Crippen molar-refractivity contribution in [3.63, 3.8) is 0 Å². The van der Waals surface area contributed by atoms with Gasteiger partial charge in [-0.15, -0.1) is 0 Å². The number of carbonyl (C=O) groups excluding carboxylic acids is 1. The van der Waals surface area contributed by atoms with Gasteiger partial charge in [0.15, 0.2) is 0 Å². The molecular weight excluding hydrogens is 392 g/mol. The maximum atomic E-state index is 12.8.